The summed E-state index contributed by atoms with van der Waals surface area (Å²) in [5, 5.41) is 14.0. The zero-order chi connectivity index (χ0) is 23.3. The second-order valence-corrected chi connectivity index (χ2v) is 8.74. The number of aromatic nitrogens is 3. The Balaban J connectivity index is 1.51. The van der Waals surface area contributed by atoms with E-state index in [1.165, 1.54) is 0 Å². The average Bonchev–Trinajstić information content (AvgIpc) is 3.20. The number of nitrogens with one attached hydrogen (secondary N) is 3. The van der Waals surface area contributed by atoms with Crippen molar-refractivity contribution in [2.24, 2.45) is 0 Å². The highest BCUT2D eigenvalue weighted by molar-refractivity contribution is 7.85. The van der Waals surface area contributed by atoms with Gasteiger partial charge in [-0.2, -0.15) is 13.5 Å². The summed E-state index contributed by atoms with van der Waals surface area (Å²) in [6.07, 6.45) is 5.51. The molecule has 4 rings (SSSR count). The van der Waals surface area contributed by atoms with Gasteiger partial charge in [-0.25, -0.2) is 0 Å². The Bertz CT molecular complexity index is 1420. The summed E-state index contributed by atoms with van der Waals surface area (Å²) in [5.74, 6) is -1.01. The number of hydrogen-bond donors (Lipinski definition) is 4. The van der Waals surface area contributed by atoms with Crippen LogP contribution in [0.25, 0.3) is 23.1 Å². The molecule has 9 nitrogen and oxygen atoms in total. The number of carbonyl (C=O) groups excluding carboxylic acids is 1. The van der Waals surface area contributed by atoms with E-state index in [4.69, 9.17) is 4.55 Å². The molecule has 2 aromatic heterocycles. The number of amides is 1. The molecule has 168 valence electrons. The van der Waals surface area contributed by atoms with Gasteiger partial charge in [-0.1, -0.05) is 18.2 Å². The fraction of sp³-hybridized carbons (Fsp3) is 0.0870. The van der Waals surface area contributed by atoms with Crippen LogP contribution in [0, 0.1) is 0 Å². The minimum atomic E-state index is -4.15. The number of rotatable bonds is 8. The van der Waals surface area contributed by atoms with Crippen LogP contribution < -0.4 is 10.6 Å². The minimum Gasteiger partial charge on any atom is -0.355 e. The van der Waals surface area contributed by atoms with Gasteiger partial charge in [0.05, 0.1) is 33.9 Å². The van der Waals surface area contributed by atoms with Crippen molar-refractivity contribution in [1.82, 2.24) is 20.5 Å². The standard InChI is InChI=1S/C23H21N5O4S/c29-23(25-13-14-33(30,31)32)19-6-1-2-7-20(19)26-17-8-10-18-21(27-28-22(18)15-17)11-9-16-5-3-4-12-24-16/h1-12,15,26H,13-14H2,(H,25,29)(H,27,28)(H,30,31,32)/b11-9+. The first-order valence-electron chi connectivity index (χ1n) is 10.1. The molecule has 0 atom stereocenters. The number of pyridine rings is 1. The van der Waals surface area contributed by atoms with Gasteiger partial charge in [0, 0.05) is 23.8 Å². The Morgan fingerprint density at radius 2 is 1.88 bits per heavy atom. The normalized spacial score (nSPS) is 11.7. The van der Waals surface area contributed by atoms with Crippen LogP contribution in [-0.2, 0) is 10.1 Å². The van der Waals surface area contributed by atoms with Gasteiger partial charge in [0.1, 0.15) is 0 Å². The van der Waals surface area contributed by atoms with E-state index in [0.717, 1.165) is 28.0 Å². The lowest BCUT2D eigenvalue weighted by Gasteiger charge is -2.12. The van der Waals surface area contributed by atoms with Crippen molar-refractivity contribution >= 4 is 50.5 Å². The number of nitrogens with zero attached hydrogens (tertiary/aromatic N) is 2. The lowest BCUT2D eigenvalue weighted by Crippen LogP contribution is -2.29. The molecule has 0 radical (unpaired) electrons. The maximum absolute atomic E-state index is 12.5. The van der Waals surface area contributed by atoms with E-state index in [-0.39, 0.29) is 6.54 Å². The minimum absolute atomic E-state index is 0.194. The maximum atomic E-state index is 12.5. The van der Waals surface area contributed by atoms with E-state index >= 15 is 0 Å². The molecule has 4 aromatic rings. The predicted octanol–water partition coefficient (Wildman–Crippen LogP) is 3.49. The van der Waals surface area contributed by atoms with Gasteiger partial charge in [0.2, 0.25) is 0 Å². The second kappa shape index (κ2) is 9.63. The van der Waals surface area contributed by atoms with Crippen LogP contribution >= 0.6 is 0 Å². The Labute approximate surface area is 190 Å². The molecule has 10 heteroatoms. The summed E-state index contributed by atoms with van der Waals surface area (Å²) in [7, 11) is -4.15. The molecule has 33 heavy (non-hydrogen) atoms. The SMILES string of the molecule is O=C(NCCS(=O)(=O)O)c1ccccc1Nc1ccc2c(/C=C/c3ccccn3)n[nH]c2c1. The molecule has 2 aromatic carbocycles. The third-order valence-electron chi connectivity index (χ3n) is 4.79. The summed E-state index contributed by atoms with van der Waals surface area (Å²) < 4.78 is 30.5. The van der Waals surface area contributed by atoms with Crippen molar-refractivity contribution in [2.75, 3.05) is 17.6 Å². The molecule has 0 saturated heterocycles. The van der Waals surface area contributed by atoms with Crippen molar-refractivity contribution in [3.05, 3.63) is 83.8 Å². The van der Waals surface area contributed by atoms with Gasteiger partial charge in [0.25, 0.3) is 16.0 Å². The average molecular weight is 464 g/mol. The summed E-state index contributed by atoms with van der Waals surface area (Å²) in [4.78, 5) is 16.8. The van der Waals surface area contributed by atoms with Gasteiger partial charge in [0.15, 0.2) is 0 Å². The molecular formula is C23H21N5O4S. The lowest BCUT2D eigenvalue weighted by molar-refractivity contribution is 0.0957. The van der Waals surface area contributed by atoms with E-state index in [2.05, 4.69) is 25.8 Å². The van der Waals surface area contributed by atoms with Crippen molar-refractivity contribution in [3.8, 4) is 0 Å². The van der Waals surface area contributed by atoms with Crippen molar-refractivity contribution in [3.63, 3.8) is 0 Å². The predicted molar refractivity (Wildman–Crippen MR) is 128 cm³/mol. The maximum Gasteiger partial charge on any atom is 0.266 e. The van der Waals surface area contributed by atoms with Crippen LogP contribution in [0.4, 0.5) is 11.4 Å². The van der Waals surface area contributed by atoms with E-state index in [9.17, 15) is 13.2 Å². The quantitative estimate of drug-likeness (QED) is 0.294. The molecule has 0 fully saturated rings. The molecule has 0 aliphatic carbocycles. The van der Waals surface area contributed by atoms with Gasteiger partial charge in [-0.05, 0) is 54.6 Å². The van der Waals surface area contributed by atoms with Gasteiger partial charge in [-0.15, -0.1) is 0 Å². The van der Waals surface area contributed by atoms with Crippen LogP contribution in [0.3, 0.4) is 0 Å². The Morgan fingerprint density at radius 1 is 1.06 bits per heavy atom. The Hall–Kier alpha value is -4.02. The highest BCUT2D eigenvalue weighted by Crippen LogP contribution is 2.26. The van der Waals surface area contributed by atoms with Gasteiger partial charge < -0.3 is 10.6 Å². The largest absolute Gasteiger partial charge is 0.355 e. The van der Waals surface area contributed by atoms with E-state index < -0.39 is 21.8 Å². The molecule has 0 saturated carbocycles. The molecule has 0 spiro atoms. The Kier molecular flexibility index (Phi) is 6.48. The van der Waals surface area contributed by atoms with Crippen molar-refractivity contribution in [2.45, 2.75) is 0 Å². The first-order chi connectivity index (χ1) is 15.9. The zero-order valence-electron chi connectivity index (χ0n) is 17.4. The van der Waals surface area contributed by atoms with Crippen LogP contribution in [0.2, 0.25) is 0 Å². The number of fused-ring (bicyclic) bond motifs is 1. The number of anilines is 2. The van der Waals surface area contributed by atoms with Gasteiger partial charge in [-0.3, -0.25) is 19.4 Å². The lowest BCUT2D eigenvalue weighted by atomic mass is 10.1. The highest BCUT2D eigenvalue weighted by Gasteiger charge is 2.13. The molecule has 1 amide bonds. The highest BCUT2D eigenvalue weighted by atomic mass is 32.2. The van der Waals surface area contributed by atoms with E-state index in [1.807, 2.05) is 48.6 Å². The van der Waals surface area contributed by atoms with Crippen LogP contribution in [0.1, 0.15) is 21.7 Å². The number of benzene rings is 2. The number of H-pyrrole nitrogens is 1. The number of para-hydroxylation sites is 1. The summed E-state index contributed by atoms with van der Waals surface area (Å²) in [5.41, 5.74) is 4.06. The summed E-state index contributed by atoms with van der Waals surface area (Å²) >= 11 is 0. The van der Waals surface area contributed by atoms with Crippen LogP contribution in [-0.4, -0.2) is 46.4 Å². The molecule has 0 unspecified atom stereocenters. The first-order valence-corrected chi connectivity index (χ1v) is 11.7. The molecule has 0 aliphatic heterocycles. The molecule has 0 bridgehead atoms. The van der Waals surface area contributed by atoms with Gasteiger partial charge >= 0.3 is 0 Å². The van der Waals surface area contributed by atoms with E-state index in [0.29, 0.717) is 11.3 Å². The van der Waals surface area contributed by atoms with Crippen molar-refractivity contribution < 1.29 is 17.8 Å². The Morgan fingerprint density at radius 3 is 2.67 bits per heavy atom. The second-order valence-electron chi connectivity index (χ2n) is 7.17. The van der Waals surface area contributed by atoms with Crippen LogP contribution in [0.5, 0.6) is 0 Å². The summed E-state index contributed by atoms with van der Waals surface area (Å²) in [6, 6.07) is 18.2. The zero-order valence-corrected chi connectivity index (χ0v) is 18.2. The number of hydrogen-bond acceptors (Lipinski definition) is 6. The number of carbonyl (C=O) groups is 1. The summed E-state index contributed by atoms with van der Waals surface area (Å²) in [6.45, 7) is -0.194. The molecular weight excluding hydrogens is 442 g/mol. The molecule has 0 aliphatic rings. The van der Waals surface area contributed by atoms with Crippen LogP contribution in [0.15, 0.2) is 66.9 Å². The smallest absolute Gasteiger partial charge is 0.266 e. The fourth-order valence-electron chi connectivity index (χ4n) is 3.22. The monoisotopic (exact) mass is 463 g/mol. The van der Waals surface area contributed by atoms with E-state index in [1.54, 1.807) is 30.5 Å². The third kappa shape index (κ3) is 5.82. The van der Waals surface area contributed by atoms with Crippen molar-refractivity contribution in [1.29, 1.82) is 0 Å². The first kappa shape index (κ1) is 22.2. The fourth-order valence-corrected chi connectivity index (χ4v) is 3.58. The molecule has 2 heterocycles. The third-order valence-corrected chi connectivity index (χ3v) is 5.51. The topological polar surface area (TPSA) is 137 Å². The number of aromatic amines is 1. The molecule has 4 N–H and O–H groups in total.